The standard InChI is InChI=1S/C19H30O5/c1-4-5-6-7-8-9-12-13(11-20)16-19(17(24-19)15(12)22)10-14(21)18(2,3)23-16/h8-9,14-17,20-22H,4-7,10-11H2,1-3H3/b9-8+/t14-,15+,16-,17-,19-/m0/s1. The van der Waals surface area contributed by atoms with E-state index in [0.717, 1.165) is 12.8 Å². The molecule has 5 atom stereocenters. The zero-order valence-corrected chi connectivity index (χ0v) is 14.9. The van der Waals surface area contributed by atoms with E-state index in [2.05, 4.69) is 13.0 Å². The molecule has 0 aromatic rings. The number of unbranched alkanes of at least 4 members (excludes halogenated alkanes) is 3. The van der Waals surface area contributed by atoms with E-state index in [4.69, 9.17) is 9.47 Å². The average Bonchev–Trinajstić information content (AvgIpc) is 3.25. The fraction of sp³-hybridized carbons (Fsp3) is 0.789. The summed E-state index contributed by atoms with van der Waals surface area (Å²) in [6.45, 7) is 5.69. The van der Waals surface area contributed by atoms with Gasteiger partial charge in [0.25, 0.3) is 0 Å². The molecule has 0 aromatic heterocycles. The lowest BCUT2D eigenvalue weighted by Crippen LogP contribution is -2.59. The van der Waals surface area contributed by atoms with Crippen LogP contribution in [0, 0.1) is 0 Å². The van der Waals surface area contributed by atoms with Crippen LogP contribution in [-0.2, 0) is 9.47 Å². The largest absolute Gasteiger partial charge is 0.392 e. The van der Waals surface area contributed by atoms with Crippen LogP contribution in [0.3, 0.4) is 0 Å². The molecule has 1 aliphatic carbocycles. The predicted octanol–water partition coefficient (Wildman–Crippen LogP) is 1.85. The van der Waals surface area contributed by atoms with E-state index >= 15 is 0 Å². The third kappa shape index (κ3) is 2.86. The second kappa shape index (κ2) is 6.54. The Bertz CT molecular complexity index is 538. The number of hydrogen-bond donors (Lipinski definition) is 3. The van der Waals surface area contributed by atoms with Crippen molar-refractivity contribution in [1.82, 2.24) is 0 Å². The minimum atomic E-state index is -0.775. The highest BCUT2D eigenvalue weighted by Crippen LogP contribution is 2.57. The number of epoxide rings is 1. The van der Waals surface area contributed by atoms with Crippen molar-refractivity contribution < 1.29 is 24.8 Å². The molecule has 5 heteroatoms. The molecule has 136 valence electrons. The van der Waals surface area contributed by atoms with Crippen molar-refractivity contribution in [2.24, 2.45) is 0 Å². The van der Waals surface area contributed by atoms with Crippen LogP contribution < -0.4 is 0 Å². The van der Waals surface area contributed by atoms with Gasteiger partial charge in [0.2, 0.25) is 0 Å². The van der Waals surface area contributed by atoms with Crippen molar-refractivity contribution in [3.63, 3.8) is 0 Å². The summed E-state index contributed by atoms with van der Waals surface area (Å²) in [6, 6.07) is 0. The monoisotopic (exact) mass is 338 g/mol. The molecule has 0 saturated carbocycles. The highest BCUT2D eigenvalue weighted by Gasteiger charge is 2.72. The zero-order chi connectivity index (χ0) is 17.5. The lowest BCUT2D eigenvalue weighted by atomic mass is 9.73. The van der Waals surface area contributed by atoms with Crippen molar-refractivity contribution >= 4 is 0 Å². The molecular formula is C19H30O5. The smallest absolute Gasteiger partial charge is 0.130 e. The Kier molecular flexibility index (Phi) is 4.93. The van der Waals surface area contributed by atoms with Crippen LogP contribution in [0.25, 0.3) is 0 Å². The molecule has 3 aliphatic rings. The van der Waals surface area contributed by atoms with E-state index in [1.54, 1.807) is 0 Å². The van der Waals surface area contributed by atoms with Gasteiger partial charge in [0.15, 0.2) is 0 Å². The maximum absolute atomic E-state index is 10.7. The quantitative estimate of drug-likeness (QED) is 0.509. The first-order valence-corrected chi connectivity index (χ1v) is 9.09. The second-order valence-electron chi connectivity index (χ2n) is 7.80. The summed E-state index contributed by atoms with van der Waals surface area (Å²) in [4.78, 5) is 0. The highest BCUT2D eigenvalue weighted by molar-refractivity contribution is 5.44. The number of aliphatic hydroxyl groups is 3. The van der Waals surface area contributed by atoms with Crippen LogP contribution in [0.15, 0.2) is 23.3 Å². The van der Waals surface area contributed by atoms with Crippen LogP contribution in [0.5, 0.6) is 0 Å². The lowest BCUT2D eigenvalue weighted by molar-refractivity contribution is -0.190. The molecule has 0 radical (unpaired) electrons. The number of allylic oxidation sites excluding steroid dienone is 1. The van der Waals surface area contributed by atoms with Crippen LogP contribution >= 0.6 is 0 Å². The van der Waals surface area contributed by atoms with Crippen molar-refractivity contribution in [3.05, 3.63) is 23.3 Å². The summed E-state index contributed by atoms with van der Waals surface area (Å²) in [6.07, 6.45) is 6.62. The summed E-state index contributed by atoms with van der Waals surface area (Å²) in [5.74, 6) is 0. The normalized spacial score (nSPS) is 40.6. The molecule has 0 bridgehead atoms. The third-order valence-corrected chi connectivity index (χ3v) is 5.69. The minimum absolute atomic E-state index is 0.180. The number of rotatable bonds is 6. The minimum Gasteiger partial charge on any atom is -0.392 e. The van der Waals surface area contributed by atoms with E-state index in [1.165, 1.54) is 12.8 Å². The van der Waals surface area contributed by atoms with Gasteiger partial charge in [0, 0.05) is 6.42 Å². The average molecular weight is 338 g/mol. The first-order valence-electron chi connectivity index (χ1n) is 9.09. The summed E-state index contributed by atoms with van der Waals surface area (Å²) in [7, 11) is 0. The third-order valence-electron chi connectivity index (χ3n) is 5.69. The van der Waals surface area contributed by atoms with Gasteiger partial charge < -0.3 is 24.8 Å². The number of aliphatic hydroxyl groups excluding tert-OH is 3. The van der Waals surface area contributed by atoms with Crippen molar-refractivity contribution in [1.29, 1.82) is 0 Å². The first-order chi connectivity index (χ1) is 11.4. The second-order valence-corrected chi connectivity index (χ2v) is 7.80. The van der Waals surface area contributed by atoms with Crippen molar-refractivity contribution in [2.75, 3.05) is 6.61 Å². The van der Waals surface area contributed by atoms with E-state index in [-0.39, 0.29) is 12.7 Å². The Hall–Kier alpha value is -0.720. The zero-order valence-electron chi connectivity index (χ0n) is 14.9. The molecule has 2 aliphatic heterocycles. The predicted molar refractivity (Wildman–Crippen MR) is 90.6 cm³/mol. The molecule has 0 aromatic carbocycles. The Morgan fingerprint density at radius 2 is 1.96 bits per heavy atom. The van der Waals surface area contributed by atoms with Crippen LogP contribution in [0.1, 0.15) is 52.9 Å². The van der Waals surface area contributed by atoms with Gasteiger partial charge in [-0.25, -0.2) is 0 Å². The van der Waals surface area contributed by atoms with E-state index in [1.807, 2.05) is 19.9 Å². The molecule has 5 nitrogen and oxygen atoms in total. The Morgan fingerprint density at radius 1 is 1.21 bits per heavy atom. The van der Waals surface area contributed by atoms with Gasteiger partial charge in [-0.3, -0.25) is 0 Å². The Morgan fingerprint density at radius 3 is 2.62 bits per heavy atom. The highest BCUT2D eigenvalue weighted by atomic mass is 16.7. The maximum Gasteiger partial charge on any atom is 0.130 e. The number of ether oxygens (including phenoxy) is 2. The molecule has 24 heavy (non-hydrogen) atoms. The topological polar surface area (TPSA) is 82.5 Å². The molecule has 3 rings (SSSR count). The van der Waals surface area contributed by atoms with Gasteiger partial charge in [0.1, 0.15) is 23.9 Å². The van der Waals surface area contributed by atoms with Gasteiger partial charge in [-0.15, -0.1) is 0 Å². The molecule has 0 amide bonds. The number of hydrogen-bond acceptors (Lipinski definition) is 5. The van der Waals surface area contributed by atoms with Crippen LogP contribution in [0.4, 0.5) is 0 Å². The Balaban J connectivity index is 1.85. The van der Waals surface area contributed by atoms with Crippen molar-refractivity contribution in [2.45, 2.75) is 88.5 Å². The molecule has 3 N–H and O–H groups in total. The molecular weight excluding hydrogens is 308 g/mol. The SMILES string of the molecule is CCCCC/C=C/C1=C(CO)[C@@H]2OC(C)(C)[C@@H](O)C[C@]23O[C@H]3[C@@H]1O. The van der Waals surface area contributed by atoms with E-state index in [0.29, 0.717) is 17.6 Å². The van der Waals surface area contributed by atoms with E-state index in [9.17, 15) is 15.3 Å². The first kappa shape index (κ1) is 18.1. The summed E-state index contributed by atoms with van der Waals surface area (Å²) >= 11 is 0. The molecule has 2 fully saturated rings. The van der Waals surface area contributed by atoms with Crippen LogP contribution in [-0.4, -0.2) is 57.5 Å². The summed E-state index contributed by atoms with van der Waals surface area (Å²) < 4.78 is 12.0. The fourth-order valence-corrected chi connectivity index (χ4v) is 4.02. The summed E-state index contributed by atoms with van der Waals surface area (Å²) in [5.41, 5.74) is 0.00381. The lowest BCUT2D eigenvalue weighted by Gasteiger charge is -2.46. The molecule has 2 saturated heterocycles. The molecule has 0 unspecified atom stereocenters. The molecule has 2 heterocycles. The maximum atomic E-state index is 10.7. The fourth-order valence-electron chi connectivity index (χ4n) is 4.02. The van der Waals surface area contributed by atoms with E-state index < -0.39 is 29.5 Å². The van der Waals surface area contributed by atoms with Gasteiger partial charge in [0.05, 0.1) is 18.3 Å². The van der Waals surface area contributed by atoms with Gasteiger partial charge in [-0.2, -0.15) is 0 Å². The van der Waals surface area contributed by atoms with Gasteiger partial charge >= 0.3 is 0 Å². The van der Waals surface area contributed by atoms with Crippen molar-refractivity contribution in [3.8, 4) is 0 Å². The Labute approximate surface area is 144 Å². The van der Waals surface area contributed by atoms with Gasteiger partial charge in [-0.1, -0.05) is 31.9 Å². The molecule has 1 spiro atoms. The van der Waals surface area contributed by atoms with Gasteiger partial charge in [-0.05, 0) is 37.8 Å². The van der Waals surface area contributed by atoms with Crippen LogP contribution in [0.2, 0.25) is 0 Å². The summed E-state index contributed by atoms with van der Waals surface area (Å²) in [5, 5.41) is 30.9.